The van der Waals surface area contributed by atoms with Crippen molar-refractivity contribution in [2.75, 3.05) is 13.1 Å². The second-order valence-electron chi connectivity index (χ2n) is 7.29. The van der Waals surface area contributed by atoms with Crippen LogP contribution in [0.3, 0.4) is 0 Å². The Morgan fingerprint density at radius 3 is 2.30 bits per heavy atom. The van der Waals surface area contributed by atoms with Gasteiger partial charge in [0.2, 0.25) is 0 Å². The molecular weight excluding hydrogens is 242 g/mol. The lowest BCUT2D eigenvalue weighted by atomic mass is 9.75. The van der Waals surface area contributed by atoms with Crippen LogP contribution in [0.15, 0.2) is 30.3 Å². The van der Waals surface area contributed by atoms with Crippen LogP contribution in [0.5, 0.6) is 0 Å². The zero-order valence-electron chi connectivity index (χ0n) is 13.2. The first-order valence-electron chi connectivity index (χ1n) is 8.49. The van der Waals surface area contributed by atoms with Gasteiger partial charge in [-0.05, 0) is 43.2 Å². The Hall–Kier alpha value is -0.820. The summed E-state index contributed by atoms with van der Waals surface area (Å²) in [6.07, 6.45) is 9.62. The minimum Gasteiger partial charge on any atom is -0.293 e. The van der Waals surface area contributed by atoms with Crippen LogP contribution in [0.4, 0.5) is 0 Å². The van der Waals surface area contributed by atoms with Crippen molar-refractivity contribution in [2.45, 2.75) is 64.3 Å². The molecule has 20 heavy (non-hydrogen) atoms. The van der Waals surface area contributed by atoms with Crippen molar-refractivity contribution in [3.63, 3.8) is 0 Å². The molecule has 110 valence electrons. The van der Waals surface area contributed by atoms with Crippen LogP contribution in [0.2, 0.25) is 0 Å². The molecule has 1 aromatic rings. The van der Waals surface area contributed by atoms with Crippen LogP contribution in [-0.4, -0.2) is 18.0 Å². The fraction of sp³-hybridized carbons (Fsp3) is 0.684. The summed E-state index contributed by atoms with van der Waals surface area (Å²) in [5.41, 5.74) is 2.45. The summed E-state index contributed by atoms with van der Waals surface area (Å²) in [5.74, 6) is 0. The normalized spacial score (nSPS) is 30.5. The molecule has 0 spiro atoms. The SMILES string of the molecule is CCC1(C)CCN(C2(c3ccccc3)CCCCC2)C1. The van der Waals surface area contributed by atoms with Crippen molar-refractivity contribution < 1.29 is 0 Å². The molecule has 1 aromatic carbocycles. The molecule has 1 aliphatic heterocycles. The predicted molar refractivity (Wildman–Crippen MR) is 85.8 cm³/mol. The molecule has 1 saturated heterocycles. The van der Waals surface area contributed by atoms with E-state index in [0.29, 0.717) is 11.0 Å². The predicted octanol–water partition coefficient (Wildman–Crippen LogP) is 4.97. The Bertz CT molecular complexity index is 432. The fourth-order valence-electron chi connectivity index (χ4n) is 4.35. The molecule has 1 heterocycles. The lowest BCUT2D eigenvalue weighted by molar-refractivity contribution is 0.0590. The molecule has 0 radical (unpaired) electrons. The van der Waals surface area contributed by atoms with Crippen LogP contribution < -0.4 is 0 Å². The Morgan fingerprint density at radius 2 is 1.70 bits per heavy atom. The first kappa shape index (κ1) is 14.1. The van der Waals surface area contributed by atoms with Crippen molar-refractivity contribution in [3.05, 3.63) is 35.9 Å². The average molecular weight is 271 g/mol. The summed E-state index contributed by atoms with van der Waals surface area (Å²) in [4.78, 5) is 2.84. The lowest BCUT2D eigenvalue weighted by Gasteiger charge is -2.46. The highest BCUT2D eigenvalue weighted by molar-refractivity contribution is 5.26. The van der Waals surface area contributed by atoms with E-state index in [1.54, 1.807) is 5.56 Å². The van der Waals surface area contributed by atoms with E-state index < -0.39 is 0 Å². The van der Waals surface area contributed by atoms with E-state index in [1.807, 2.05) is 0 Å². The van der Waals surface area contributed by atoms with Gasteiger partial charge in [0.05, 0.1) is 0 Å². The lowest BCUT2D eigenvalue weighted by Crippen LogP contribution is -2.47. The Labute approximate surface area is 124 Å². The van der Waals surface area contributed by atoms with Crippen molar-refractivity contribution in [1.82, 2.24) is 4.90 Å². The van der Waals surface area contributed by atoms with E-state index >= 15 is 0 Å². The highest BCUT2D eigenvalue weighted by Gasteiger charge is 2.45. The van der Waals surface area contributed by atoms with Crippen LogP contribution >= 0.6 is 0 Å². The van der Waals surface area contributed by atoms with E-state index in [4.69, 9.17) is 0 Å². The standard InChI is InChI=1S/C19H29N/c1-3-18(2)14-15-20(16-18)19(12-8-5-9-13-19)17-10-6-4-7-11-17/h4,6-7,10-11H,3,5,8-9,12-16H2,1-2H3. The second kappa shape index (κ2) is 5.52. The van der Waals surface area contributed by atoms with Gasteiger partial charge in [-0.3, -0.25) is 4.90 Å². The Kier molecular flexibility index (Phi) is 3.90. The summed E-state index contributed by atoms with van der Waals surface area (Å²) < 4.78 is 0. The topological polar surface area (TPSA) is 3.24 Å². The molecular formula is C19H29N. The van der Waals surface area contributed by atoms with Crippen LogP contribution in [-0.2, 0) is 5.54 Å². The smallest absolute Gasteiger partial charge is 0.0460 e. The zero-order chi connectivity index (χ0) is 14.1. The van der Waals surface area contributed by atoms with Crippen LogP contribution in [0.25, 0.3) is 0 Å². The largest absolute Gasteiger partial charge is 0.293 e. The maximum Gasteiger partial charge on any atom is 0.0460 e. The van der Waals surface area contributed by atoms with Gasteiger partial charge in [-0.15, -0.1) is 0 Å². The van der Waals surface area contributed by atoms with Gasteiger partial charge in [0.25, 0.3) is 0 Å². The quantitative estimate of drug-likeness (QED) is 0.750. The summed E-state index contributed by atoms with van der Waals surface area (Å²) in [6, 6.07) is 11.3. The van der Waals surface area contributed by atoms with Gasteiger partial charge in [0, 0.05) is 12.1 Å². The van der Waals surface area contributed by atoms with Crippen molar-refractivity contribution in [3.8, 4) is 0 Å². The van der Waals surface area contributed by atoms with E-state index in [9.17, 15) is 0 Å². The third-order valence-corrected chi connectivity index (χ3v) is 6.01. The Morgan fingerprint density at radius 1 is 1.00 bits per heavy atom. The maximum absolute atomic E-state index is 2.84. The summed E-state index contributed by atoms with van der Waals surface area (Å²) in [5, 5.41) is 0. The molecule has 1 nitrogen and oxygen atoms in total. The van der Waals surface area contributed by atoms with Gasteiger partial charge in [-0.25, -0.2) is 0 Å². The van der Waals surface area contributed by atoms with Gasteiger partial charge < -0.3 is 0 Å². The minimum absolute atomic E-state index is 0.340. The van der Waals surface area contributed by atoms with E-state index in [2.05, 4.69) is 49.1 Å². The highest BCUT2D eigenvalue weighted by atomic mass is 15.2. The van der Waals surface area contributed by atoms with E-state index in [-0.39, 0.29) is 0 Å². The van der Waals surface area contributed by atoms with Crippen molar-refractivity contribution in [2.24, 2.45) is 5.41 Å². The van der Waals surface area contributed by atoms with Crippen molar-refractivity contribution >= 4 is 0 Å². The number of nitrogens with zero attached hydrogens (tertiary/aromatic N) is 1. The third kappa shape index (κ3) is 2.41. The second-order valence-corrected chi connectivity index (χ2v) is 7.29. The molecule has 1 heteroatoms. The monoisotopic (exact) mass is 271 g/mol. The first-order valence-corrected chi connectivity index (χ1v) is 8.49. The minimum atomic E-state index is 0.340. The molecule has 1 aliphatic carbocycles. The summed E-state index contributed by atoms with van der Waals surface area (Å²) in [6.45, 7) is 7.42. The molecule has 0 aromatic heterocycles. The summed E-state index contributed by atoms with van der Waals surface area (Å²) in [7, 11) is 0. The third-order valence-electron chi connectivity index (χ3n) is 6.01. The molecule has 3 rings (SSSR count). The van der Waals surface area contributed by atoms with Gasteiger partial charge in [-0.1, -0.05) is 63.4 Å². The van der Waals surface area contributed by atoms with Gasteiger partial charge in [0.15, 0.2) is 0 Å². The fourth-order valence-corrected chi connectivity index (χ4v) is 4.35. The number of likely N-dealkylation sites (tertiary alicyclic amines) is 1. The molecule has 2 aliphatic rings. The first-order chi connectivity index (χ1) is 9.69. The number of hydrogen-bond donors (Lipinski definition) is 0. The number of hydrogen-bond acceptors (Lipinski definition) is 1. The van der Waals surface area contributed by atoms with E-state index in [0.717, 1.165) is 0 Å². The molecule has 0 N–H and O–H groups in total. The molecule has 1 unspecified atom stereocenters. The van der Waals surface area contributed by atoms with Crippen LogP contribution in [0.1, 0.15) is 64.4 Å². The molecule has 1 saturated carbocycles. The van der Waals surface area contributed by atoms with Gasteiger partial charge in [-0.2, -0.15) is 0 Å². The maximum atomic E-state index is 2.84. The molecule has 2 fully saturated rings. The molecule has 1 atom stereocenters. The highest BCUT2D eigenvalue weighted by Crippen LogP contribution is 2.47. The Balaban J connectivity index is 1.91. The zero-order valence-corrected chi connectivity index (χ0v) is 13.2. The molecule has 0 bridgehead atoms. The van der Waals surface area contributed by atoms with Gasteiger partial charge >= 0.3 is 0 Å². The summed E-state index contributed by atoms with van der Waals surface area (Å²) >= 11 is 0. The van der Waals surface area contributed by atoms with E-state index in [1.165, 1.54) is 58.0 Å². The number of rotatable bonds is 3. The van der Waals surface area contributed by atoms with Crippen LogP contribution in [0, 0.1) is 5.41 Å². The van der Waals surface area contributed by atoms with Crippen molar-refractivity contribution in [1.29, 1.82) is 0 Å². The average Bonchev–Trinajstić information content (AvgIpc) is 2.93. The van der Waals surface area contributed by atoms with Gasteiger partial charge in [0.1, 0.15) is 0 Å². The number of benzene rings is 1. The molecule has 0 amide bonds.